The van der Waals surface area contributed by atoms with Crippen molar-refractivity contribution in [1.82, 2.24) is 29.9 Å². The van der Waals surface area contributed by atoms with Gasteiger partial charge in [0.2, 0.25) is 11.0 Å². The van der Waals surface area contributed by atoms with Crippen LogP contribution in [-0.2, 0) is 11.8 Å². The Morgan fingerprint density at radius 3 is 2.84 bits per heavy atom. The van der Waals surface area contributed by atoms with Crippen molar-refractivity contribution in [1.29, 1.82) is 0 Å². The van der Waals surface area contributed by atoms with Gasteiger partial charge in [0.1, 0.15) is 5.01 Å². The van der Waals surface area contributed by atoms with E-state index in [-0.39, 0.29) is 11.2 Å². The quantitative estimate of drug-likeness (QED) is 0.661. The van der Waals surface area contributed by atoms with Crippen LogP contribution in [0.2, 0.25) is 0 Å². The SMILES string of the molecule is CCC(Sc1nnc(-c2cccnc2)n1C)C(=O)Nc1nnc(C)s1. The van der Waals surface area contributed by atoms with Crippen LogP contribution in [0.15, 0.2) is 29.7 Å². The molecule has 3 heterocycles. The molecule has 0 saturated carbocycles. The van der Waals surface area contributed by atoms with Crippen LogP contribution in [0, 0.1) is 6.92 Å². The molecule has 3 aromatic heterocycles. The second-order valence-corrected chi connectivity index (χ2v) is 7.59. The number of rotatable bonds is 6. The van der Waals surface area contributed by atoms with Crippen LogP contribution in [0.4, 0.5) is 5.13 Å². The maximum atomic E-state index is 12.5. The summed E-state index contributed by atoms with van der Waals surface area (Å²) >= 11 is 2.73. The molecular formula is C15H17N7OS2. The second kappa shape index (κ2) is 7.70. The first kappa shape index (κ1) is 17.5. The minimum atomic E-state index is -0.297. The van der Waals surface area contributed by atoms with Gasteiger partial charge >= 0.3 is 0 Å². The monoisotopic (exact) mass is 375 g/mol. The summed E-state index contributed by atoms with van der Waals surface area (Å²) in [7, 11) is 1.88. The molecule has 130 valence electrons. The van der Waals surface area contributed by atoms with Crippen molar-refractivity contribution in [3.63, 3.8) is 0 Å². The van der Waals surface area contributed by atoms with Crippen LogP contribution in [-0.4, -0.2) is 41.1 Å². The molecule has 0 spiro atoms. The van der Waals surface area contributed by atoms with Gasteiger partial charge in [-0.05, 0) is 25.5 Å². The summed E-state index contributed by atoms with van der Waals surface area (Å²) in [5, 5.41) is 20.8. The van der Waals surface area contributed by atoms with E-state index < -0.39 is 0 Å². The van der Waals surface area contributed by atoms with E-state index in [1.54, 1.807) is 12.4 Å². The van der Waals surface area contributed by atoms with E-state index in [0.717, 1.165) is 10.6 Å². The number of nitrogens with zero attached hydrogens (tertiary/aromatic N) is 6. The number of carbonyl (C=O) groups is 1. The third-order valence-corrected chi connectivity index (χ3v) is 5.57. The largest absolute Gasteiger partial charge is 0.305 e. The fourth-order valence-corrected chi connectivity index (χ4v) is 3.66. The number of carbonyl (C=O) groups excluding carboxylic acids is 1. The average molecular weight is 375 g/mol. The van der Waals surface area contributed by atoms with Crippen LogP contribution in [0.1, 0.15) is 18.4 Å². The fourth-order valence-electron chi connectivity index (χ4n) is 2.15. The topological polar surface area (TPSA) is 98.5 Å². The minimum Gasteiger partial charge on any atom is -0.305 e. The summed E-state index contributed by atoms with van der Waals surface area (Å²) in [5.41, 5.74) is 0.881. The number of anilines is 1. The van der Waals surface area contributed by atoms with Crippen LogP contribution in [0.5, 0.6) is 0 Å². The molecule has 10 heteroatoms. The number of hydrogen-bond acceptors (Lipinski definition) is 8. The van der Waals surface area contributed by atoms with E-state index in [1.165, 1.54) is 23.1 Å². The summed E-state index contributed by atoms with van der Waals surface area (Å²) in [6, 6.07) is 3.77. The zero-order valence-electron chi connectivity index (χ0n) is 14.0. The lowest BCUT2D eigenvalue weighted by Gasteiger charge is -2.12. The summed E-state index contributed by atoms with van der Waals surface area (Å²) < 4.78 is 1.87. The number of aryl methyl sites for hydroxylation is 1. The second-order valence-electron chi connectivity index (χ2n) is 5.24. The Hall–Kier alpha value is -2.33. The Morgan fingerprint density at radius 2 is 2.20 bits per heavy atom. The summed E-state index contributed by atoms with van der Waals surface area (Å²) in [6.07, 6.45) is 4.10. The molecule has 0 radical (unpaired) electrons. The highest BCUT2D eigenvalue weighted by atomic mass is 32.2. The van der Waals surface area contributed by atoms with Crippen LogP contribution < -0.4 is 5.32 Å². The number of nitrogens with one attached hydrogen (secondary N) is 1. The van der Waals surface area contributed by atoms with Gasteiger partial charge in [-0.25, -0.2) is 0 Å². The molecule has 0 bridgehead atoms. The number of pyridine rings is 1. The molecule has 0 aliphatic heterocycles. The van der Waals surface area contributed by atoms with Crippen molar-refractivity contribution < 1.29 is 4.79 Å². The minimum absolute atomic E-state index is 0.116. The van der Waals surface area contributed by atoms with E-state index >= 15 is 0 Å². The molecule has 8 nitrogen and oxygen atoms in total. The van der Waals surface area contributed by atoms with Crippen molar-refractivity contribution in [3.05, 3.63) is 29.5 Å². The van der Waals surface area contributed by atoms with Gasteiger partial charge in [0.05, 0.1) is 5.25 Å². The lowest BCUT2D eigenvalue weighted by atomic mass is 10.3. The van der Waals surface area contributed by atoms with Crippen LogP contribution in [0.25, 0.3) is 11.4 Å². The first-order chi connectivity index (χ1) is 12.1. The van der Waals surface area contributed by atoms with E-state index in [0.29, 0.717) is 22.5 Å². The number of amides is 1. The van der Waals surface area contributed by atoms with Crippen molar-refractivity contribution >= 4 is 34.1 Å². The molecule has 0 aliphatic carbocycles. The van der Waals surface area contributed by atoms with Gasteiger partial charge in [-0.1, -0.05) is 30.0 Å². The van der Waals surface area contributed by atoms with Gasteiger partial charge in [0, 0.05) is 25.0 Å². The summed E-state index contributed by atoms with van der Waals surface area (Å²) in [4.78, 5) is 16.6. The zero-order valence-corrected chi connectivity index (χ0v) is 15.6. The molecule has 3 rings (SSSR count). The fraction of sp³-hybridized carbons (Fsp3) is 0.333. The third kappa shape index (κ3) is 4.02. The molecule has 0 fully saturated rings. The smallest absolute Gasteiger partial charge is 0.239 e. The molecule has 1 atom stereocenters. The van der Waals surface area contributed by atoms with Gasteiger partial charge in [-0.15, -0.1) is 20.4 Å². The highest BCUT2D eigenvalue weighted by Crippen LogP contribution is 2.28. The lowest BCUT2D eigenvalue weighted by Crippen LogP contribution is -2.25. The molecule has 1 unspecified atom stereocenters. The number of thioether (sulfide) groups is 1. The highest BCUT2D eigenvalue weighted by Gasteiger charge is 2.23. The van der Waals surface area contributed by atoms with Gasteiger partial charge in [-0.3, -0.25) is 15.1 Å². The Kier molecular flexibility index (Phi) is 5.39. The summed E-state index contributed by atoms with van der Waals surface area (Å²) in [6.45, 7) is 3.81. The van der Waals surface area contributed by atoms with Gasteiger partial charge in [0.15, 0.2) is 11.0 Å². The lowest BCUT2D eigenvalue weighted by molar-refractivity contribution is -0.115. The van der Waals surface area contributed by atoms with Crippen molar-refractivity contribution in [2.75, 3.05) is 5.32 Å². The molecule has 0 aromatic carbocycles. The molecular weight excluding hydrogens is 358 g/mol. The summed E-state index contributed by atoms with van der Waals surface area (Å²) in [5.74, 6) is 0.597. The van der Waals surface area contributed by atoms with Gasteiger partial charge in [0.25, 0.3) is 0 Å². The molecule has 0 aliphatic rings. The molecule has 1 N–H and O–H groups in total. The van der Waals surface area contributed by atoms with Gasteiger partial charge in [-0.2, -0.15) is 0 Å². The van der Waals surface area contributed by atoms with Gasteiger partial charge < -0.3 is 4.57 Å². The van der Waals surface area contributed by atoms with E-state index in [4.69, 9.17) is 0 Å². The normalized spacial score (nSPS) is 12.1. The molecule has 3 aromatic rings. The van der Waals surface area contributed by atoms with Crippen LogP contribution >= 0.6 is 23.1 Å². The molecule has 25 heavy (non-hydrogen) atoms. The maximum Gasteiger partial charge on any atom is 0.239 e. The Labute approximate surface area is 153 Å². The van der Waals surface area contributed by atoms with E-state index in [1.807, 2.05) is 37.6 Å². The third-order valence-electron chi connectivity index (χ3n) is 3.42. The number of hydrogen-bond donors (Lipinski definition) is 1. The average Bonchev–Trinajstić information content (AvgIpc) is 3.19. The molecule has 1 amide bonds. The van der Waals surface area contributed by atoms with E-state index in [2.05, 4.69) is 30.7 Å². The first-order valence-corrected chi connectivity index (χ1v) is 9.35. The predicted molar refractivity (Wildman–Crippen MR) is 97.4 cm³/mol. The van der Waals surface area contributed by atoms with Crippen molar-refractivity contribution in [2.45, 2.75) is 30.7 Å². The van der Waals surface area contributed by atoms with Crippen molar-refractivity contribution in [2.24, 2.45) is 7.05 Å². The Morgan fingerprint density at radius 1 is 1.36 bits per heavy atom. The van der Waals surface area contributed by atoms with Crippen LogP contribution in [0.3, 0.4) is 0 Å². The predicted octanol–water partition coefficient (Wildman–Crippen LogP) is 2.55. The highest BCUT2D eigenvalue weighted by molar-refractivity contribution is 8.00. The van der Waals surface area contributed by atoms with E-state index in [9.17, 15) is 4.79 Å². The van der Waals surface area contributed by atoms with Crippen molar-refractivity contribution in [3.8, 4) is 11.4 Å². The Balaban J connectivity index is 1.74. The standard InChI is InChI=1S/C15H17N7OS2/c1-4-11(13(23)17-14-20-18-9(2)24-14)25-15-21-19-12(22(15)3)10-6-5-7-16-8-10/h5-8,11H,4H2,1-3H3,(H,17,20,23). The first-order valence-electron chi connectivity index (χ1n) is 7.66. The maximum absolute atomic E-state index is 12.5. The number of aromatic nitrogens is 6. The molecule has 0 saturated heterocycles. The zero-order chi connectivity index (χ0) is 17.8. The Bertz CT molecular complexity index is 862.